The zero-order valence-electron chi connectivity index (χ0n) is 13.4. The van der Waals surface area contributed by atoms with Crippen LogP contribution in [0.3, 0.4) is 0 Å². The molecule has 0 amide bonds. The van der Waals surface area contributed by atoms with Gasteiger partial charge in [0.2, 0.25) is 0 Å². The van der Waals surface area contributed by atoms with E-state index in [0.717, 1.165) is 17.7 Å². The lowest BCUT2D eigenvalue weighted by molar-refractivity contribution is 0.0697. The Bertz CT molecular complexity index is 1050. The van der Waals surface area contributed by atoms with E-state index >= 15 is 0 Å². The Hall–Kier alpha value is -3.19. The fraction of sp³-hybridized carbons (Fsp3) is 0. The highest BCUT2D eigenvalue weighted by atomic mass is 32.2. The van der Waals surface area contributed by atoms with Crippen molar-refractivity contribution in [2.45, 2.75) is 4.90 Å². The Morgan fingerprint density at radius 1 is 0.846 bits per heavy atom. The van der Waals surface area contributed by atoms with Gasteiger partial charge < -0.3 is 5.11 Å². The number of carboxylic acids is 1. The molecule has 0 bridgehead atoms. The van der Waals surface area contributed by atoms with Gasteiger partial charge in [-0.1, -0.05) is 63.6 Å². The highest BCUT2D eigenvalue weighted by Gasteiger charge is 2.29. The quantitative estimate of drug-likeness (QED) is 0.684. The number of rotatable bonds is 5. The molecule has 0 aliphatic heterocycles. The van der Waals surface area contributed by atoms with Crippen LogP contribution in [0, 0.1) is 0 Å². The predicted molar refractivity (Wildman–Crippen MR) is 96.1 cm³/mol. The minimum atomic E-state index is -4.58. The van der Waals surface area contributed by atoms with Crippen LogP contribution in [0.25, 0.3) is 11.1 Å². The van der Waals surface area contributed by atoms with Gasteiger partial charge in [0.15, 0.2) is 0 Å². The summed E-state index contributed by atoms with van der Waals surface area (Å²) < 4.78 is 39.5. The fourth-order valence-electron chi connectivity index (χ4n) is 2.50. The van der Waals surface area contributed by atoms with Crippen molar-refractivity contribution in [3.05, 3.63) is 84.4 Å². The van der Waals surface area contributed by atoms with E-state index in [-0.39, 0.29) is 4.90 Å². The Morgan fingerprint density at radius 2 is 1.46 bits per heavy atom. The third kappa shape index (κ3) is 3.29. The Balaban J connectivity index is 2.05. The van der Waals surface area contributed by atoms with Gasteiger partial charge in [-0.3, -0.25) is 0 Å². The molecule has 0 radical (unpaired) electrons. The molecule has 26 heavy (non-hydrogen) atoms. The van der Waals surface area contributed by atoms with Crippen molar-refractivity contribution >= 4 is 21.7 Å². The number of hydrogen-bond donors (Lipinski definition) is 1. The van der Waals surface area contributed by atoms with Gasteiger partial charge in [-0.15, -0.1) is 0 Å². The van der Waals surface area contributed by atoms with Crippen LogP contribution in [0.2, 0.25) is 0 Å². The molecule has 0 saturated carbocycles. The maximum Gasteiger partial charge on any atom is 0.337 e. The smallest absolute Gasteiger partial charge is 0.337 e. The zero-order valence-corrected chi connectivity index (χ0v) is 14.2. The first-order chi connectivity index (χ1) is 12.4. The van der Waals surface area contributed by atoms with Crippen molar-refractivity contribution < 1.29 is 22.8 Å². The van der Waals surface area contributed by atoms with E-state index < -0.39 is 31.8 Å². The van der Waals surface area contributed by atoms with E-state index in [1.807, 2.05) is 6.07 Å². The van der Waals surface area contributed by atoms with E-state index in [4.69, 9.17) is 5.11 Å². The Kier molecular flexibility index (Phi) is 4.73. The first-order valence-electron chi connectivity index (χ1n) is 7.60. The summed E-state index contributed by atoms with van der Waals surface area (Å²) in [7, 11) is -4.58. The number of sulfonamides is 1. The summed E-state index contributed by atoms with van der Waals surface area (Å²) in [6.45, 7) is 0. The molecule has 5 nitrogen and oxygen atoms in total. The summed E-state index contributed by atoms with van der Waals surface area (Å²) in [6, 6.07) is 19.9. The summed E-state index contributed by atoms with van der Waals surface area (Å²) in [5, 5.41) is 9.16. The topological polar surface area (TPSA) is 74.7 Å². The van der Waals surface area contributed by atoms with Gasteiger partial charge in [-0.05, 0) is 35.4 Å². The van der Waals surface area contributed by atoms with Gasteiger partial charge in [-0.25, -0.2) is 4.79 Å². The largest absolute Gasteiger partial charge is 0.478 e. The summed E-state index contributed by atoms with van der Waals surface area (Å²) in [5.74, 6) is -1.42. The summed E-state index contributed by atoms with van der Waals surface area (Å²) >= 11 is 0. The Labute approximate surface area is 149 Å². The third-order valence-electron chi connectivity index (χ3n) is 3.77. The van der Waals surface area contributed by atoms with Crippen molar-refractivity contribution in [2.24, 2.45) is 0 Å². The number of carbonyl (C=O) groups is 1. The molecule has 0 heterocycles. The number of carboxylic acid groups (broad SMARTS) is 1. The van der Waals surface area contributed by atoms with Crippen LogP contribution in [0.4, 0.5) is 10.2 Å². The number of aromatic carboxylic acids is 1. The summed E-state index contributed by atoms with van der Waals surface area (Å²) in [6.07, 6.45) is 0. The second-order valence-corrected chi connectivity index (χ2v) is 7.18. The number of halogens is 1. The van der Waals surface area contributed by atoms with Crippen LogP contribution in [0.5, 0.6) is 0 Å². The molecule has 0 aliphatic carbocycles. The molecule has 132 valence electrons. The highest BCUT2D eigenvalue weighted by Crippen LogP contribution is 2.29. The molecule has 1 N–H and O–H groups in total. The molecule has 0 spiro atoms. The molecular formula is C19H14FNO4S. The Morgan fingerprint density at radius 3 is 2.15 bits per heavy atom. The maximum absolute atomic E-state index is 14.7. The van der Waals surface area contributed by atoms with E-state index in [2.05, 4.69) is 0 Å². The van der Waals surface area contributed by atoms with E-state index in [1.54, 1.807) is 30.3 Å². The summed E-state index contributed by atoms with van der Waals surface area (Å²) in [5.41, 5.74) is 0.385. The molecule has 0 aliphatic rings. The molecule has 0 unspecified atom stereocenters. The molecule has 3 aromatic rings. The number of hydrogen-bond acceptors (Lipinski definition) is 3. The van der Waals surface area contributed by atoms with Crippen LogP contribution in [0.1, 0.15) is 10.4 Å². The third-order valence-corrected chi connectivity index (χ3v) is 5.24. The SMILES string of the molecule is O=C(O)c1ccccc1N(F)S(=O)(=O)c1cccc(-c2ccccc2)c1. The van der Waals surface area contributed by atoms with Gasteiger partial charge in [0.05, 0.1) is 10.5 Å². The molecule has 3 rings (SSSR count). The van der Waals surface area contributed by atoms with Crippen LogP contribution in [0.15, 0.2) is 83.8 Å². The number of nitrogens with zero attached hydrogens (tertiary/aromatic N) is 1. The van der Waals surface area contributed by atoms with Crippen LogP contribution < -0.4 is 4.53 Å². The van der Waals surface area contributed by atoms with Gasteiger partial charge >= 0.3 is 5.97 Å². The van der Waals surface area contributed by atoms with Crippen molar-refractivity contribution in [1.82, 2.24) is 0 Å². The monoisotopic (exact) mass is 371 g/mol. The van der Waals surface area contributed by atoms with Crippen molar-refractivity contribution in [3.8, 4) is 11.1 Å². The summed E-state index contributed by atoms with van der Waals surface area (Å²) in [4.78, 5) is 11.0. The molecular weight excluding hydrogens is 357 g/mol. The second-order valence-electron chi connectivity index (χ2n) is 5.44. The fourth-order valence-corrected chi connectivity index (χ4v) is 3.63. The molecule has 3 aromatic carbocycles. The first-order valence-corrected chi connectivity index (χ1v) is 9.04. The minimum Gasteiger partial charge on any atom is -0.478 e. The average molecular weight is 371 g/mol. The number of para-hydroxylation sites is 1. The standard InChI is InChI=1S/C19H14FNO4S/c20-21(18-12-5-4-11-17(18)19(22)23)26(24,25)16-10-6-9-15(13-16)14-7-2-1-3-8-14/h1-13H,(H,22,23). The maximum atomic E-state index is 14.7. The first kappa shape index (κ1) is 17.6. The molecule has 0 fully saturated rings. The van der Waals surface area contributed by atoms with Crippen LogP contribution >= 0.6 is 0 Å². The average Bonchev–Trinajstić information content (AvgIpc) is 2.68. The van der Waals surface area contributed by atoms with Crippen molar-refractivity contribution in [3.63, 3.8) is 0 Å². The van der Waals surface area contributed by atoms with Crippen LogP contribution in [-0.4, -0.2) is 19.5 Å². The lowest BCUT2D eigenvalue weighted by Gasteiger charge is -2.16. The van der Waals surface area contributed by atoms with Gasteiger partial charge in [-0.2, -0.15) is 8.42 Å². The number of benzene rings is 3. The molecule has 0 saturated heterocycles. The van der Waals surface area contributed by atoms with E-state index in [9.17, 15) is 17.7 Å². The van der Waals surface area contributed by atoms with Crippen LogP contribution in [-0.2, 0) is 10.0 Å². The highest BCUT2D eigenvalue weighted by molar-refractivity contribution is 7.92. The zero-order chi connectivity index (χ0) is 18.7. The lowest BCUT2D eigenvalue weighted by Crippen LogP contribution is -2.24. The molecule has 0 aromatic heterocycles. The van der Waals surface area contributed by atoms with E-state index in [1.165, 1.54) is 30.3 Å². The molecule has 0 atom stereocenters. The number of anilines is 1. The minimum absolute atomic E-state index is 0.276. The van der Waals surface area contributed by atoms with Crippen molar-refractivity contribution in [2.75, 3.05) is 4.53 Å². The van der Waals surface area contributed by atoms with Gasteiger partial charge in [0.25, 0.3) is 10.0 Å². The second kappa shape index (κ2) is 6.97. The van der Waals surface area contributed by atoms with E-state index in [0.29, 0.717) is 5.56 Å². The van der Waals surface area contributed by atoms with Gasteiger partial charge in [0, 0.05) is 0 Å². The molecule has 7 heteroatoms. The van der Waals surface area contributed by atoms with Gasteiger partial charge in [0.1, 0.15) is 5.69 Å². The van der Waals surface area contributed by atoms with Crippen molar-refractivity contribution in [1.29, 1.82) is 0 Å². The normalized spacial score (nSPS) is 11.1. The predicted octanol–water partition coefficient (Wildman–Crippen LogP) is 4.13. The lowest BCUT2D eigenvalue weighted by atomic mass is 10.1.